The van der Waals surface area contributed by atoms with Gasteiger partial charge in [-0.25, -0.2) is 0 Å². The van der Waals surface area contributed by atoms with Gasteiger partial charge in [0.1, 0.15) is 0 Å². The number of likely N-dealkylation sites (tertiary alicyclic amines) is 1. The zero-order valence-electron chi connectivity index (χ0n) is 16.1. The number of rotatable bonds is 7. The third-order valence-electron chi connectivity index (χ3n) is 4.69. The maximum atomic E-state index is 12.2. The number of carbonyl (C=O) groups is 1. The van der Waals surface area contributed by atoms with E-state index in [0.717, 1.165) is 37.1 Å². The van der Waals surface area contributed by atoms with Crippen LogP contribution in [0.1, 0.15) is 30.4 Å². The second-order valence-corrected chi connectivity index (χ2v) is 7.01. The van der Waals surface area contributed by atoms with Crippen molar-refractivity contribution < 1.29 is 18.0 Å². The second kappa shape index (κ2) is 10.3. The van der Waals surface area contributed by atoms with E-state index in [2.05, 4.69) is 20.5 Å². The molecule has 1 aromatic rings. The number of alkyl halides is 3. The predicted molar refractivity (Wildman–Crippen MR) is 103 cm³/mol. The van der Waals surface area contributed by atoms with Crippen molar-refractivity contribution in [1.82, 2.24) is 15.5 Å². The zero-order valence-corrected chi connectivity index (χ0v) is 16.1. The highest BCUT2D eigenvalue weighted by atomic mass is 19.4. The second-order valence-electron chi connectivity index (χ2n) is 7.01. The van der Waals surface area contributed by atoms with Gasteiger partial charge in [-0.15, -0.1) is 0 Å². The van der Waals surface area contributed by atoms with Gasteiger partial charge in [-0.05, 0) is 30.5 Å². The molecule has 1 atom stereocenters. The molecule has 1 aliphatic heterocycles. The number of halogens is 3. The molecular formula is C19H28F3N5O. The Labute approximate surface area is 163 Å². The highest BCUT2D eigenvalue weighted by Gasteiger charge is 2.26. The minimum absolute atomic E-state index is 0.0929. The van der Waals surface area contributed by atoms with Crippen LogP contribution in [0.25, 0.3) is 0 Å². The Hall–Kier alpha value is -2.29. The third-order valence-corrected chi connectivity index (χ3v) is 4.69. The number of aliphatic imine (C=N–C) groups is 1. The van der Waals surface area contributed by atoms with Crippen molar-refractivity contribution in [2.45, 2.75) is 38.5 Å². The quantitative estimate of drug-likeness (QED) is 0.484. The Morgan fingerprint density at radius 2 is 2.07 bits per heavy atom. The summed E-state index contributed by atoms with van der Waals surface area (Å²) in [5.74, 6) is -0.00765. The molecule has 0 saturated carbocycles. The molecule has 0 spiro atoms. The molecule has 0 radical (unpaired) electrons. The van der Waals surface area contributed by atoms with Crippen LogP contribution in [0.5, 0.6) is 0 Å². The molecule has 2 rings (SSSR count). The Balaban J connectivity index is 1.84. The van der Waals surface area contributed by atoms with Crippen molar-refractivity contribution in [2.24, 2.45) is 16.6 Å². The van der Waals surface area contributed by atoms with Crippen molar-refractivity contribution in [3.05, 3.63) is 35.4 Å². The standard InChI is InChI=1S/C19H28F3N5O/c1-24-18(25-8-7-19(20,21)22)26-11-14-4-2-5-15(10-14)12-27-9-3-6-16(13-27)17(23)28/h2,4-5,10,16H,3,6-9,11-13H2,1H3,(H2,23,28)(H2,24,25,26). The fourth-order valence-electron chi connectivity index (χ4n) is 3.26. The zero-order chi connectivity index (χ0) is 20.6. The number of nitrogens with one attached hydrogen (secondary N) is 2. The van der Waals surface area contributed by atoms with Gasteiger partial charge in [0.05, 0.1) is 12.3 Å². The molecule has 9 heteroatoms. The van der Waals surface area contributed by atoms with Crippen molar-refractivity contribution >= 4 is 11.9 Å². The van der Waals surface area contributed by atoms with E-state index in [-0.39, 0.29) is 18.4 Å². The maximum Gasteiger partial charge on any atom is 0.390 e. The fraction of sp³-hybridized carbons (Fsp3) is 0.579. The van der Waals surface area contributed by atoms with Gasteiger partial charge in [-0.2, -0.15) is 13.2 Å². The first-order chi connectivity index (χ1) is 13.3. The molecule has 1 aromatic carbocycles. The van der Waals surface area contributed by atoms with Crippen molar-refractivity contribution in [2.75, 3.05) is 26.7 Å². The van der Waals surface area contributed by atoms with Crippen LogP contribution in [-0.2, 0) is 17.9 Å². The van der Waals surface area contributed by atoms with Crippen LogP contribution in [-0.4, -0.2) is 49.6 Å². The first-order valence-electron chi connectivity index (χ1n) is 9.37. The average Bonchev–Trinajstić information content (AvgIpc) is 2.64. The van der Waals surface area contributed by atoms with E-state index in [0.29, 0.717) is 19.0 Å². The molecule has 4 N–H and O–H groups in total. The van der Waals surface area contributed by atoms with E-state index in [1.54, 1.807) is 0 Å². The third kappa shape index (κ3) is 7.75. The summed E-state index contributed by atoms with van der Waals surface area (Å²) in [6.45, 7) is 2.56. The number of nitrogens with two attached hydrogens (primary N) is 1. The minimum atomic E-state index is -4.19. The molecule has 1 aliphatic rings. The molecule has 156 valence electrons. The molecule has 0 aromatic heterocycles. The van der Waals surface area contributed by atoms with Gasteiger partial charge in [0.2, 0.25) is 5.91 Å². The number of carbonyl (C=O) groups excluding carboxylic acids is 1. The molecule has 6 nitrogen and oxygen atoms in total. The van der Waals surface area contributed by atoms with Crippen LogP contribution in [0.15, 0.2) is 29.3 Å². The normalized spacial score (nSPS) is 18.7. The van der Waals surface area contributed by atoms with Crippen LogP contribution in [0.3, 0.4) is 0 Å². The summed E-state index contributed by atoms with van der Waals surface area (Å²) in [6, 6.07) is 7.96. The van der Waals surface area contributed by atoms with Gasteiger partial charge in [-0.1, -0.05) is 24.3 Å². The lowest BCUT2D eigenvalue weighted by Crippen LogP contribution is -2.40. The summed E-state index contributed by atoms with van der Waals surface area (Å²) >= 11 is 0. The average molecular weight is 399 g/mol. The number of benzene rings is 1. The number of hydrogen-bond acceptors (Lipinski definition) is 3. The summed E-state index contributed by atoms with van der Waals surface area (Å²) < 4.78 is 36.7. The Bertz CT molecular complexity index is 678. The highest BCUT2D eigenvalue weighted by molar-refractivity contribution is 5.79. The van der Waals surface area contributed by atoms with E-state index >= 15 is 0 Å². The number of amides is 1. The monoisotopic (exact) mass is 399 g/mol. The lowest BCUT2D eigenvalue weighted by Gasteiger charge is -2.31. The number of piperidine rings is 1. The number of hydrogen-bond donors (Lipinski definition) is 3. The van der Waals surface area contributed by atoms with Crippen LogP contribution in [0.4, 0.5) is 13.2 Å². The Morgan fingerprint density at radius 3 is 2.75 bits per heavy atom. The number of guanidine groups is 1. The molecule has 1 heterocycles. The van der Waals surface area contributed by atoms with Gasteiger partial charge in [0, 0.05) is 33.2 Å². The summed E-state index contributed by atoms with van der Waals surface area (Å²) in [5.41, 5.74) is 7.55. The predicted octanol–water partition coefficient (Wildman–Crippen LogP) is 2.00. The summed E-state index contributed by atoms with van der Waals surface area (Å²) in [7, 11) is 1.52. The first-order valence-corrected chi connectivity index (χ1v) is 9.37. The summed E-state index contributed by atoms with van der Waals surface area (Å²) in [5, 5.41) is 5.68. The maximum absolute atomic E-state index is 12.2. The molecular weight excluding hydrogens is 371 g/mol. The molecule has 0 bridgehead atoms. The Kier molecular flexibility index (Phi) is 8.10. The molecule has 1 amide bonds. The van der Waals surface area contributed by atoms with E-state index in [9.17, 15) is 18.0 Å². The first kappa shape index (κ1) is 22.0. The van der Waals surface area contributed by atoms with Gasteiger partial charge < -0.3 is 16.4 Å². The number of nitrogens with zero attached hydrogens (tertiary/aromatic N) is 2. The van der Waals surface area contributed by atoms with Crippen molar-refractivity contribution in [3.63, 3.8) is 0 Å². The molecule has 1 fully saturated rings. The molecule has 0 aliphatic carbocycles. The van der Waals surface area contributed by atoms with Gasteiger partial charge in [-0.3, -0.25) is 14.7 Å². The van der Waals surface area contributed by atoms with E-state index in [1.807, 2.05) is 24.3 Å². The van der Waals surface area contributed by atoms with Crippen molar-refractivity contribution in [1.29, 1.82) is 0 Å². The van der Waals surface area contributed by atoms with Crippen LogP contribution in [0, 0.1) is 5.92 Å². The largest absolute Gasteiger partial charge is 0.390 e. The van der Waals surface area contributed by atoms with Gasteiger partial charge in [0.25, 0.3) is 0 Å². The van der Waals surface area contributed by atoms with Crippen LogP contribution < -0.4 is 16.4 Å². The smallest absolute Gasteiger partial charge is 0.369 e. The summed E-state index contributed by atoms with van der Waals surface area (Å²) in [4.78, 5) is 17.6. The highest BCUT2D eigenvalue weighted by Crippen LogP contribution is 2.19. The minimum Gasteiger partial charge on any atom is -0.369 e. The van der Waals surface area contributed by atoms with Crippen molar-refractivity contribution in [3.8, 4) is 0 Å². The SMILES string of the molecule is CN=C(NCCC(F)(F)F)NCc1cccc(CN2CCCC(C(N)=O)C2)c1. The van der Waals surface area contributed by atoms with Crippen LogP contribution >= 0.6 is 0 Å². The summed E-state index contributed by atoms with van der Waals surface area (Å²) in [6.07, 6.45) is -3.31. The lowest BCUT2D eigenvalue weighted by molar-refractivity contribution is -0.132. The Morgan fingerprint density at radius 1 is 1.32 bits per heavy atom. The van der Waals surface area contributed by atoms with Gasteiger partial charge in [0.15, 0.2) is 5.96 Å². The molecule has 1 saturated heterocycles. The van der Waals surface area contributed by atoms with E-state index in [4.69, 9.17) is 5.73 Å². The van der Waals surface area contributed by atoms with Gasteiger partial charge >= 0.3 is 6.18 Å². The molecule has 1 unspecified atom stereocenters. The number of primary amides is 1. The fourth-order valence-corrected chi connectivity index (χ4v) is 3.26. The lowest BCUT2D eigenvalue weighted by atomic mass is 9.97. The van der Waals surface area contributed by atoms with E-state index in [1.165, 1.54) is 7.05 Å². The van der Waals surface area contributed by atoms with Crippen LogP contribution in [0.2, 0.25) is 0 Å². The van der Waals surface area contributed by atoms with E-state index < -0.39 is 12.6 Å². The topological polar surface area (TPSA) is 82.8 Å². The molecule has 28 heavy (non-hydrogen) atoms.